The van der Waals surface area contributed by atoms with Crippen LogP contribution in [0.5, 0.6) is 0 Å². The quantitative estimate of drug-likeness (QED) is 0.836. The van der Waals surface area contributed by atoms with Gasteiger partial charge in [-0.25, -0.2) is 9.78 Å². The van der Waals surface area contributed by atoms with Crippen LogP contribution >= 0.6 is 0 Å². The van der Waals surface area contributed by atoms with Gasteiger partial charge in [-0.1, -0.05) is 0 Å². The predicted octanol–water partition coefficient (Wildman–Crippen LogP) is 0.899. The van der Waals surface area contributed by atoms with E-state index in [0.29, 0.717) is 24.4 Å². The van der Waals surface area contributed by atoms with Gasteiger partial charge in [0.1, 0.15) is 0 Å². The van der Waals surface area contributed by atoms with Gasteiger partial charge < -0.3 is 10.4 Å². The first kappa shape index (κ1) is 12.8. The summed E-state index contributed by atoms with van der Waals surface area (Å²) in [6.07, 6.45) is 3.37. The predicted molar refractivity (Wildman–Crippen MR) is 70.5 cm³/mol. The summed E-state index contributed by atoms with van der Waals surface area (Å²) in [4.78, 5) is 33.4. The molecule has 106 valence electrons. The Morgan fingerprint density at radius 1 is 1.40 bits per heavy atom. The van der Waals surface area contributed by atoms with Gasteiger partial charge in [0.05, 0.1) is 11.1 Å². The highest BCUT2D eigenvalue weighted by atomic mass is 16.4. The van der Waals surface area contributed by atoms with Crippen LogP contribution < -0.4 is 10.2 Å². The Balaban J connectivity index is 1.82. The molecule has 1 aliphatic heterocycles. The van der Waals surface area contributed by atoms with Crippen molar-refractivity contribution in [2.45, 2.75) is 44.2 Å². The average Bonchev–Trinajstić information content (AvgIpc) is 2.54. The Kier molecular flexibility index (Phi) is 2.67. The van der Waals surface area contributed by atoms with Crippen LogP contribution in [-0.4, -0.2) is 39.2 Å². The van der Waals surface area contributed by atoms with Gasteiger partial charge in [-0.2, -0.15) is 0 Å². The monoisotopic (exact) mass is 276 g/mol. The van der Waals surface area contributed by atoms with E-state index < -0.39 is 11.5 Å². The molecule has 2 heterocycles. The molecule has 7 heteroatoms. The van der Waals surface area contributed by atoms with Crippen LogP contribution in [0.2, 0.25) is 0 Å². The lowest BCUT2D eigenvalue weighted by Gasteiger charge is -2.40. The molecular weight excluding hydrogens is 260 g/mol. The molecule has 1 aromatic rings. The van der Waals surface area contributed by atoms with Gasteiger partial charge >= 0.3 is 6.09 Å². The topological polar surface area (TPSA) is 95.4 Å². The van der Waals surface area contributed by atoms with E-state index in [1.54, 1.807) is 17.3 Å². The fraction of sp³-hybridized carbons (Fsp3) is 0.538. The molecule has 3 rings (SSSR count). The van der Waals surface area contributed by atoms with Crippen molar-refractivity contribution >= 4 is 17.8 Å². The molecule has 0 spiro atoms. The molecule has 0 atom stereocenters. The van der Waals surface area contributed by atoms with E-state index in [2.05, 4.69) is 15.3 Å². The molecule has 0 saturated heterocycles. The second-order valence-electron chi connectivity index (χ2n) is 5.80. The van der Waals surface area contributed by atoms with E-state index in [-0.39, 0.29) is 18.0 Å². The molecule has 1 aromatic heterocycles. The van der Waals surface area contributed by atoms with Crippen LogP contribution in [0.3, 0.4) is 0 Å². The van der Waals surface area contributed by atoms with Crippen molar-refractivity contribution in [3.05, 3.63) is 18.1 Å². The highest BCUT2D eigenvalue weighted by Gasteiger charge is 2.51. The van der Waals surface area contributed by atoms with Crippen molar-refractivity contribution < 1.29 is 14.7 Å². The van der Waals surface area contributed by atoms with Gasteiger partial charge in [-0.15, -0.1) is 0 Å². The van der Waals surface area contributed by atoms with Gasteiger partial charge in [-0.05, 0) is 26.7 Å². The molecule has 1 aliphatic carbocycles. The van der Waals surface area contributed by atoms with E-state index in [0.717, 1.165) is 0 Å². The minimum absolute atomic E-state index is 0.00317. The second-order valence-corrected chi connectivity index (χ2v) is 5.80. The Labute approximate surface area is 116 Å². The van der Waals surface area contributed by atoms with Crippen molar-refractivity contribution in [1.82, 2.24) is 15.3 Å². The summed E-state index contributed by atoms with van der Waals surface area (Å²) in [5, 5.41) is 11.1. The SMILES string of the molecule is CC1(C)C(=O)N([C@H]2C[C@@H](NC(=O)O)C2)c2nccnc21. The summed E-state index contributed by atoms with van der Waals surface area (Å²) in [7, 11) is 0. The third-order valence-corrected chi connectivity index (χ3v) is 4.06. The zero-order chi connectivity index (χ0) is 14.5. The van der Waals surface area contributed by atoms with E-state index in [1.807, 2.05) is 13.8 Å². The Morgan fingerprint density at radius 3 is 2.70 bits per heavy atom. The molecule has 2 amide bonds. The van der Waals surface area contributed by atoms with Gasteiger partial charge in [0, 0.05) is 24.5 Å². The number of hydrogen-bond acceptors (Lipinski definition) is 4. The minimum Gasteiger partial charge on any atom is -0.465 e. The number of anilines is 1. The molecule has 2 aliphatic rings. The van der Waals surface area contributed by atoms with Crippen molar-refractivity contribution in [3.63, 3.8) is 0 Å². The maximum atomic E-state index is 12.6. The standard InChI is InChI=1S/C13H16N4O3/c1-13(2)9-10(15-4-3-14-9)17(11(13)18)8-5-7(6-8)16-12(19)20/h3-4,7-8,16H,5-6H2,1-2H3,(H,19,20)/t7-,8+. The molecule has 7 nitrogen and oxygen atoms in total. The summed E-state index contributed by atoms with van der Waals surface area (Å²) in [6.45, 7) is 3.68. The highest BCUT2D eigenvalue weighted by molar-refractivity contribution is 6.06. The van der Waals surface area contributed by atoms with Crippen molar-refractivity contribution in [1.29, 1.82) is 0 Å². The fourth-order valence-corrected chi connectivity index (χ4v) is 2.88. The minimum atomic E-state index is -1.03. The first-order chi connectivity index (χ1) is 9.41. The number of carbonyl (C=O) groups excluding carboxylic acids is 1. The van der Waals surface area contributed by atoms with Crippen molar-refractivity contribution in [2.75, 3.05) is 4.90 Å². The van der Waals surface area contributed by atoms with Gasteiger partial charge in [-0.3, -0.25) is 14.7 Å². The number of fused-ring (bicyclic) bond motifs is 1. The smallest absolute Gasteiger partial charge is 0.404 e. The van der Waals surface area contributed by atoms with Crippen LogP contribution in [0.4, 0.5) is 10.6 Å². The first-order valence-corrected chi connectivity index (χ1v) is 6.56. The molecule has 2 N–H and O–H groups in total. The first-order valence-electron chi connectivity index (χ1n) is 6.56. The van der Waals surface area contributed by atoms with Crippen molar-refractivity contribution in [2.24, 2.45) is 0 Å². The second kappa shape index (κ2) is 4.16. The van der Waals surface area contributed by atoms with Crippen LogP contribution in [-0.2, 0) is 10.2 Å². The third-order valence-electron chi connectivity index (χ3n) is 4.06. The number of amides is 2. The number of nitrogens with zero attached hydrogens (tertiary/aromatic N) is 3. The largest absolute Gasteiger partial charge is 0.465 e. The normalized spacial score (nSPS) is 26.9. The van der Waals surface area contributed by atoms with E-state index in [9.17, 15) is 9.59 Å². The molecule has 0 radical (unpaired) electrons. The van der Waals surface area contributed by atoms with Gasteiger partial charge in [0.2, 0.25) is 5.91 Å². The Morgan fingerprint density at radius 2 is 2.05 bits per heavy atom. The maximum absolute atomic E-state index is 12.6. The number of carbonyl (C=O) groups is 2. The summed E-state index contributed by atoms with van der Waals surface area (Å²) in [5.74, 6) is 0.596. The number of aromatic nitrogens is 2. The highest BCUT2D eigenvalue weighted by Crippen LogP contribution is 2.42. The molecular formula is C13H16N4O3. The number of hydrogen-bond donors (Lipinski definition) is 2. The third kappa shape index (κ3) is 1.73. The Hall–Kier alpha value is -2.18. The number of nitrogens with one attached hydrogen (secondary N) is 1. The van der Waals surface area contributed by atoms with E-state index in [4.69, 9.17) is 5.11 Å². The van der Waals surface area contributed by atoms with Gasteiger partial charge in [0.25, 0.3) is 0 Å². The lowest BCUT2D eigenvalue weighted by atomic mass is 9.85. The van der Waals surface area contributed by atoms with E-state index >= 15 is 0 Å². The summed E-state index contributed by atoms with van der Waals surface area (Å²) < 4.78 is 0. The molecule has 0 bridgehead atoms. The zero-order valence-corrected chi connectivity index (χ0v) is 11.3. The van der Waals surface area contributed by atoms with E-state index in [1.165, 1.54) is 0 Å². The van der Waals surface area contributed by atoms with Crippen LogP contribution in [0.25, 0.3) is 0 Å². The summed E-state index contributed by atoms with van der Waals surface area (Å²) >= 11 is 0. The van der Waals surface area contributed by atoms with Crippen LogP contribution in [0.15, 0.2) is 12.4 Å². The van der Waals surface area contributed by atoms with Gasteiger partial charge in [0.15, 0.2) is 5.82 Å². The fourth-order valence-electron chi connectivity index (χ4n) is 2.88. The zero-order valence-electron chi connectivity index (χ0n) is 11.3. The summed E-state index contributed by atoms with van der Waals surface area (Å²) in [5.41, 5.74) is 0.0224. The lowest BCUT2D eigenvalue weighted by Crippen LogP contribution is -2.56. The molecule has 0 unspecified atom stereocenters. The maximum Gasteiger partial charge on any atom is 0.404 e. The van der Waals surface area contributed by atoms with Crippen LogP contribution in [0, 0.1) is 0 Å². The molecule has 1 fully saturated rings. The average molecular weight is 276 g/mol. The number of rotatable bonds is 2. The molecule has 20 heavy (non-hydrogen) atoms. The molecule has 1 saturated carbocycles. The summed E-state index contributed by atoms with van der Waals surface area (Å²) in [6, 6.07) is -0.0919. The van der Waals surface area contributed by atoms with Crippen molar-refractivity contribution in [3.8, 4) is 0 Å². The number of carboxylic acid groups (broad SMARTS) is 1. The lowest BCUT2D eigenvalue weighted by molar-refractivity contribution is -0.123. The Bertz CT molecular complexity index is 581. The van der Waals surface area contributed by atoms with Crippen LogP contribution in [0.1, 0.15) is 32.4 Å². The molecule has 0 aromatic carbocycles.